The molecule has 6 nitrogen and oxygen atoms in total. The smallest absolute Gasteiger partial charge is 0.181 e. The summed E-state index contributed by atoms with van der Waals surface area (Å²) in [7, 11) is 1.83. The fraction of sp³-hybridized carbons (Fsp3) is 0.148. The van der Waals surface area contributed by atoms with Crippen LogP contribution in [0.3, 0.4) is 0 Å². The molecule has 3 aromatic carbocycles. The summed E-state index contributed by atoms with van der Waals surface area (Å²) in [6.45, 7) is 2.05. The van der Waals surface area contributed by atoms with Crippen molar-refractivity contribution in [3.05, 3.63) is 102 Å². The molecule has 7 heteroatoms. The van der Waals surface area contributed by atoms with Gasteiger partial charge in [0.15, 0.2) is 11.6 Å². The molecule has 0 aliphatic carbocycles. The van der Waals surface area contributed by atoms with Crippen LogP contribution >= 0.6 is 0 Å². The number of pyridine rings is 1. The molecule has 5 rings (SSSR count). The Hall–Kier alpha value is -4.26. The Balaban J connectivity index is 1.62. The van der Waals surface area contributed by atoms with Crippen molar-refractivity contribution in [2.24, 2.45) is 7.05 Å². The molecule has 0 aliphatic heterocycles. The SMILES string of the molecule is CCc1ccc(F)c(C(Nc2ccc3c(N)nccc3c2)c2nc(-c3ccccc3)nn2C)c1. The zero-order chi connectivity index (χ0) is 23.7. The second-order valence-corrected chi connectivity index (χ2v) is 8.20. The largest absolute Gasteiger partial charge is 0.383 e. The number of aromatic nitrogens is 4. The molecule has 1 unspecified atom stereocenters. The lowest BCUT2D eigenvalue weighted by molar-refractivity contribution is 0.590. The van der Waals surface area contributed by atoms with Crippen LogP contribution in [-0.4, -0.2) is 19.7 Å². The molecule has 3 N–H and O–H groups in total. The number of hydrogen-bond acceptors (Lipinski definition) is 5. The highest BCUT2D eigenvalue weighted by molar-refractivity contribution is 5.92. The van der Waals surface area contributed by atoms with Crippen LogP contribution in [0.1, 0.15) is 29.9 Å². The van der Waals surface area contributed by atoms with Crippen LogP contribution in [0, 0.1) is 5.82 Å². The summed E-state index contributed by atoms with van der Waals surface area (Å²) >= 11 is 0. The van der Waals surface area contributed by atoms with E-state index in [1.54, 1.807) is 10.9 Å². The molecule has 0 saturated carbocycles. The maximum atomic E-state index is 15.2. The van der Waals surface area contributed by atoms with E-state index in [-0.39, 0.29) is 5.82 Å². The second-order valence-electron chi connectivity index (χ2n) is 8.20. The third-order valence-corrected chi connectivity index (χ3v) is 5.97. The zero-order valence-corrected chi connectivity index (χ0v) is 19.0. The lowest BCUT2D eigenvalue weighted by Gasteiger charge is -2.21. The first-order valence-electron chi connectivity index (χ1n) is 11.2. The number of aryl methyl sites for hydroxylation is 2. The van der Waals surface area contributed by atoms with Crippen molar-refractivity contribution >= 4 is 22.3 Å². The van der Waals surface area contributed by atoms with E-state index >= 15 is 4.39 Å². The van der Waals surface area contributed by atoms with Crippen molar-refractivity contribution in [2.75, 3.05) is 11.1 Å². The molecule has 0 amide bonds. The van der Waals surface area contributed by atoms with Crippen molar-refractivity contribution in [3.63, 3.8) is 0 Å². The Bertz CT molecular complexity index is 1460. The maximum Gasteiger partial charge on any atom is 0.181 e. The highest BCUT2D eigenvalue weighted by atomic mass is 19.1. The number of rotatable bonds is 6. The molecule has 0 fully saturated rings. The van der Waals surface area contributed by atoms with Gasteiger partial charge in [-0.25, -0.2) is 14.4 Å². The van der Waals surface area contributed by atoms with E-state index in [2.05, 4.69) is 22.3 Å². The third kappa shape index (κ3) is 4.08. The summed E-state index contributed by atoms with van der Waals surface area (Å²) in [5.74, 6) is 1.38. The Kier molecular flexibility index (Phi) is 5.67. The maximum absolute atomic E-state index is 15.2. The van der Waals surface area contributed by atoms with Gasteiger partial charge in [0.25, 0.3) is 0 Å². The number of nitrogen functional groups attached to an aromatic ring is 1. The van der Waals surface area contributed by atoms with Crippen LogP contribution < -0.4 is 11.1 Å². The summed E-state index contributed by atoms with van der Waals surface area (Å²) in [4.78, 5) is 8.97. The predicted molar refractivity (Wildman–Crippen MR) is 134 cm³/mol. The molecule has 0 spiro atoms. The molecule has 2 heterocycles. The minimum atomic E-state index is -0.557. The molecular weight excluding hydrogens is 427 g/mol. The van der Waals surface area contributed by atoms with E-state index in [4.69, 9.17) is 10.7 Å². The number of nitrogens with two attached hydrogens (primary N) is 1. The molecule has 0 bridgehead atoms. The van der Waals surface area contributed by atoms with Gasteiger partial charge in [0.1, 0.15) is 17.7 Å². The number of nitrogens with zero attached hydrogens (tertiary/aromatic N) is 4. The first-order chi connectivity index (χ1) is 16.5. The zero-order valence-electron chi connectivity index (χ0n) is 19.0. The summed E-state index contributed by atoms with van der Waals surface area (Å²) in [5, 5.41) is 9.93. The average molecular weight is 453 g/mol. The van der Waals surface area contributed by atoms with Crippen molar-refractivity contribution in [3.8, 4) is 11.4 Å². The molecule has 2 aromatic heterocycles. The van der Waals surface area contributed by atoms with E-state index in [0.29, 0.717) is 23.0 Å². The van der Waals surface area contributed by atoms with E-state index < -0.39 is 6.04 Å². The molecule has 0 radical (unpaired) electrons. The fourth-order valence-electron chi connectivity index (χ4n) is 4.13. The number of nitrogens with one attached hydrogen (secondary N) is 1. The summed E-state index contributed by atoms with van der Waals surface area (Å²) < 4.78 is 16.9. The van der Waals surface area contributed by atoms with Gasteiger partial charge in [0.2, 0.25) is 0 Å². The first-order valence-corrected chi connectivity index (χ1v) is 11.2. The topological polar surface area (TPSA) is 81.7 Å². The molecule has 0 aliphatic rings. The minimum absolute atomic E-state index is 0.298. The molecule has 170 valence electrons. The lowest BCUT2D eigenvalue weighted by Crippen LogP contribution is -2.19. The Labute approximate surface area is 197 Å². The van der Waals surface area contributed by atoms with Gasteiger partial charge in [0, 0.05) is 35.4 Å². The Morgan fingerprint density at radius 2 is 1.85 bits per heavy atom. The van der Waals surface area contributed by atoms with Gasteiger partial charge in [-0.2, -0.15) is 5.10 Å². The van der Waals surface area contributed by atoms with Gasteiger partial charge in [-0.3, -0.25) is 4.68 Å². The Morgan fingerprint density at radius 3 is 2.65 bits per heavy atom. The number of anilines is 2. The number of hydrogen-bond donors (Lipinski definition) is 2. The van der Waals surface area contributed by atoms with E-state index in [1.165, 1.54) is 6.07 Å². The first kappa shape index (κ1) is 21.6. The summed E-state index contributed by atoms with van der Waals surface area (Å²) in [5.41, 5.74) is 9.30. The van der Waals surface area contributed by atoms with Crippen LogP contribution in [0.25, 0.3) is 22.2 Å². The van der Waals surface area contributed by atoms with Gasteiger partial charge in [-0.1, -0.05) is 49.4 Å². The molecular formula is C27H25FN6. The molecule has 0 saturated heterocycles. The fourth-order valence-corrected chi connectivity index (χ4v) is 4.13. The van der Waals surface area contributed by atoms with Crippen molar-refractivity contribution < 1.29 is 4.39 Å². The van der Waals surface area contributed by atoms with Crippen LogP contribution in [0.2, 0.25) is 0 Å². The lowest BCUT2D eigenvalue weighted by atomic mass is 10.0. The highest BCUT2D eigenvalue weighted by Crippen LogP contribution is 2.31. The summed E-state index contributed by atoms with van der Waals surface area (Å²) in [6, 6.07) is 22.2. The van der Waals surface area contributed by atoms with Gasteiger partial charge in [0.05, 0.1) is 0 Å². The molecule has 5 aromatic rings. The Morgan fingerprint density at radius 1 is 1.03 bits per heavy atom. The normalized spacial score (nSPS) is 12.1. The standard InChI is InChI=1S/C27H25FN6/c1-3-17-9-12-23(28)22(15-17)24(27-32-26(33-34(27)2)18-7-5-4-6-8-18)31-20-10-11-21-19(16-20)13-14-30-25(21)29/h4-16,24,31H,3H2,1-2H3,(H2,29,30). The molecule has 34 heavy (non-hydrogen) atoms. The van der Waals surface area contributed by atoms with Crippen LogP contribution in [-0.2, 0) is 13.5 Å². The van der Waals surface area contributed by atoms with Crippen LogP contribution in [0.15, 0.2) is 79.0 Å². The van der Waals surface area contributed by atoms with Gasteiger partial charge < -0.3 is 11.1 Å². The molecule has 1 atom stereocenters. The van der Waals surface area contributed by atoms with Gasteiger partial charge >= 0.3 is 0 Å². The average Bonchev–Trinajstić information content (AvgIpc) is 3.25. The van der Waals surface area contributed by atoms with Crippen molar-refractivity contribution in [2.45, 2.75) is 19.4 Å². The van der Waals surface area contributed by atoms with Gasteiger partial charge in [-0.05, 0) is 47.7 Å². The number of halogens is 1. The van der Waals surface area contributed by atoms with Crippen molar-refractivity contribution in [1.82, 2.24) is 19.7 Å². The van der Waals surface area contributed by atoms with Crippen molar-refractivity contribution in [1.29, 1.82) is 0 Å². The number of fused-ring (bicyclic) bond motifs is 1. The number of benzene rings is 3. The quantitative estimate of drug-likeness (QED) is 0.355. The van der Waals surface area contributed by atoms with E-state index in [0.717, 1.165) is 34.0 Å². The summed E-state index contributed by atoms with van der Waals surface area (Å²) in [6.07, 6.45) is 2.48. The minimum Gasteiger partial charge on any atom is -0.383 e. The third-order valence-electron chi connectivity index (χ3n) is 5.97. The predicted octanol–water partition coefficient (Wildman–Crippen LogP) is 5.52. The highest BCUT2D eigenvalue weighted by Gasteiger charge is 2.25. The van der Waals surface area contributed by atoms with Gasteiger partial charge in [-0.15, -0.1) is 0 Å². The van der Waals surface area contributed by atoms with E-state index in [1.807, 2.05) is 73.8 Å². The van der Waals surface area contributed by atoms with Crippen LogP contribution in [0.5, 0.6) is 0 Å². The second kappa shape index (κ2) is 8.94. The monoisotopic (exact) mass is 452 g/mol. The van der Waals surface area contributed by atoms with Crippen LogP contribution in [0.4, 0.5) is 15.9 Å². The van der Waals surface area contributed by atoms with E-state index in [9.17, 15) is 0 Å².